The van der Waals surface area contributed by atoms with Crippen molar-refractivity contribution >= 4 is 23.2 Å². The van der Waals surface area contributed by atoms with Crippen LogP contribution in [0.2, 0.25) is 10.0 Å². The fourth-order valence-electron chi connectivity index (χ4n) is 5.59. The van der Waals surface area contributed by atoms with Crippen molar-refractivity contribution in [3.63, 3.8) is 0 Å². The summed E-state index contributed by atoms with van der Waals surface area (Å²) in [6.07, 6.45) is 4.11. The summed E-state index contributed by atoms with van der Waals surface area (Å²) in [5.74, 6) is 0.240. The number of rotatable bonds is 9. The predicted octanol–water partition coefficient (Wildman–Crippen LogP) is 7.80. The normalized spacial score (nSPS) is 10.5. The zero-order valence-corrected chi connectivity index (χ0v) is 32.6. The molecular weight excluding hydrogens is 720 g/mol. The number of hydrogen-bond donors (Lipinski definition) is 1. The van der Waals surface area contributed by atoms with E-state index in [1.807, 2.05) is 38.1 Å². The number of nitrogens with zero attached hydrogens (tertiary/aromatic N) is 3. The van der Waals surface area contributed by atoms with Crippen molar-refractivity contribution in [3.05, 3.63) is 172 Å². The molecule has 0 bridgehead atoms. The summed E-state index contributed by atoms with van der Waals surface area (Å²) in [5, 5.41) is 9.88. The summed E-state index contributed by atoms with van der Waals surface area (Å²) in [7, 11) is 3.03. The summed E-state index contributed by atoms with van der Waals surface area (Å²) in [5.41, 5.74) is 11.6. The summed E-state index contributed by atoms with van der Waals surface area (Å²) < 4.78 is 41.2. The topological polar surface area (TPSA) is 94.0 Å². The molecular formula is C43H39Cl2F2LiN4O2. The Kier molecular flexibility index (Phi) is 15.8. The number of hydrogen-bond acceptors (Lipinski definition) is 6. The fraction of sp³-hybridized carbons (Fsp3) is 0.163. The minimum absolute atomic E-state index is 0. The molecule has 0 fully saturated rings. The Hall–Kier alpha value is -4.73. The maximum atomic E-state index is 15.3. The Morgan fingerprint density at radius 1 is 0.704 bits per heavy atom. The maximum absolute atomic E-state index is 15.3. The van der Waals surface area contributed by atoms with E-state index in [9.17, 15) is 0 Å². The SMILES string of the molecule is COc1ccc(Cc2ccc(C#N)nc2)c(F)c1-c1cccc(Cl)c1.COc1ccc(Cc2ccc(C(C)(C)N)nc2)c(F)c1-c1cccc(Cl)c1.[CH3-].[Li+]. The van der Waals surface area contributed by atoms with Gasteiger partial charge in [-0.25, -0.2) is 13.8 Å². The van der Waals surface area contributed by atoms with E-state index in [2.05, 4.69) is 9.97 Å². The van der Waals surface area contributed by atoms with Crippen LogP contribution < -0.4 is 34.1 Å². The van der Waals surface area contributed by atoms with Gasteiger partial charge in [-0.3, -0.25) is 4.98 Å². The average molecular weight is 760 g/mol. The third-order valence-electron chi connectivity index (χ3n) is 8.25. The number of methoxy groups -OCH3 is 2. The first-order valence-electron chi connectivity index (χ1n) is 16.2. The number of benzene rings is 4. The second-order valence-corrected chi connectivity index (χ2v) is 13.4. The molecule has 0 radical (unpaired) electrons. The largest absolute Gasteiger partial charge is 1.00 e. The first-order chi connectivity index (χ1) is 24.9. The van der Waals surface area contributed by atoms with Crippen LogP contribution in [-0.4, -0.2) is 24.2 Å². The second-order valence-electron chi connectivity index (χ2n) is 12.5. The molecule has 6 nitrogen and oxygen atoms in total. The Bertz CT molecular complexity index is 2220. The van der Waals surface area contributed by atoms with Gasteiger partial charge >= 0.3 is 18.9 Å². The van der Waals surface area contributed by atoms with Crippen LogP contribution in [-0.2, 0) is 18.4 Å². The molecule has 0 aliphatic carbocycles. The van der Waals surface area contributed by atoms with Crippen molar-refractivity contribution in [2.45, 2.75) is 32.2 Å². The van der Waals surface area contributed by atoms with Crippen LogP contribution in [0, 0.1) is 30.4 Å². The third kappa shape index (κ3) is 10.7. The minimum Gasteiger partial charge on any atom is -0.496 e. The van der Waals surface area contributed by atoms with Crippen LogP contribution in [0.4, 0.5) is 8.78 Å². The number of nitrogens with two attached hydrogens (primary N) is 1. The van der Waals surface area contributed by atoms with Gasteiger partial charge in [0.05, 0.1) is 36.6 Å². The van der Waals surface area contributed by atoms with Crippen LogP contribution in [0.1, 0.15) is 47.5 Å². The van der Waals surface area contributed by atoms with E-state index in [4.69, 9.17) is 43.7 Å². The van der Waals surface area contributed by atoms with Gasteiger partial charge in [0.2, 0.25) is 0 Å². The number of nitriles is 1. The van der Waals surface area contributed by atoms with E-state index < -0.39 is 5.54 Å². The van der Waals surface area contributed by atoms with E-state index in [1.165, 1.54) is 14.2 Å². The molecule has 0 amide bonds. The smallest absolute Gasteiger partial charge is 0.496 e. The molecule has 6 aromatic rings. The Balaban J connectivity index is 0.000000281. The van der Waals surface area contributed by atoms with Crippen LogP contribution in [0.3, 0.4) is 0 Å². The van der Waals surface area contributed by atoms with Crippen molar-refractivity contribution in [2.24, 2.45) is 5.73 Å². The summed E-state index contributed by atoms with van der Waals surface area (Å²) in [6, 6.07) is 30.2. The van der Waals surface area contributed by atoms with E-state index in [0.29, 0.717) is 73.5 Å². The number of pyridine rings is 2. The van der Waals surface area contributed by atoms with Crippen molar-refractivity contribution in [2.75, 3.05) is 14.2 Å². The molecule has 2 N–H and O–H groups in total. The summed E-state index contributed by atoms with van der Waals surface area (Å²) >= 11 is 12.1. The molecule has 0 aliphatic heterocycles. The van der Waals surface area contributed by atoms with Crippen molar-refractivity contribution in [1.29, 1.82) is 5.26 Å². The van der Waals surface area contributed by atoms with E-state index in [-0.39, 0.29) is 37.9 Å². The van der Waals surface area contributed by atoms with Crippen LogP contribution in [0.5, 0.6) is 11.5 Å². The Morgan fingerprint density at radius 3 is 1.52 bits per heavy atom. The minimum atomic E-state index is -0.510. The Morgan fingerprint density at radius 2 is 1.17 bits per heavy atom. The van der Waals surface area contributed by atoms with Gasteiger partial charge in [0.25, 0.3) is 0 Å². The van der Waals surface area contributed by atoms with Gasteiger partial charge in [0.1, 0.15) is 34.9 Å². The number of aromatic nitrogens is 2. The molecule has 0 atom stereocenters. The predicted molar refractivity (Wildman–Crippen MR) is 209 cm³/mol. The monoisotopic (exact) mass is 758 g/mol. The average Bonchev–Trinajstić information content (AvgIpc) is 3.13. The molecule has 54 heavy (non-hydrogen) atoms. The molecule has 0 unspecified atom stereocenters. The van der Waals surface area contributed by atoms with Gasteiger partial charge in [-0.1, -0.05) is 71.7 Å². The number of halogens is 4. The molecule has 6 rings (SSSR count). The van der Waals surface area contributed by atoms with Gasteiger partial charge in [-0.2, -0.15) is 5.26 Å². The molecule has 0 spiro atoms. The maximum Gasteiger partial charge on any atom is 1.00 e. The second kappa shape index (κ2) is 19.6. The summed E-state index contributed by atoms with van der Waals surface area (Å²) in [4.78, 5) is 8.44. The van der Waals surface area contributed by atoms with Crippen molar-refractivity contribution < 1.29 is 37.1 Å². The van der Waals surface area contributed by atoms with Crippen LogP contribution in [0.15, 0.2) is 109 Å². The summed E-state index contributed by atoms with van der Waals surface area (Å²) in [6.45, 7) is 3.80. The first kappa shape index (κ1) is 43.7. The molecule has 11 heteroatoms. The van der Waals surface area contributed by atoms with Gasteiger partial charge in [0.15, 0.2) is 0 Å². The van der Waals surface area contributed by atoms with Gasteiger partial charge in [0, 0.05) is 35.3 Å². The van der Waals surface area contributed by atoms with Gasteiger partial charge in [-0.15, -0.1) is 0 Å². The third-order valence-corrected chi connectivity index (χ3v) is 8.72. The zero-order chi connectivity index (χ0) is 37.4. The first-order valence-corrected chi connectivity index (χ1v) is 17.0. The molecule has 272 valence electrons. The van der Waals surface area contributed by atoms with Crippen LogP contribution >= 0.6 is 23.2 Å². The van der Waals surface area contributed by atoms with Gasteiger partial charge < -0.3 is 22.6 Å². The standard InChI is InChI=1S/C22H22ClFN2O.C20H14ClFN2O.CH3.Li/c1-22(2,25)19-10-7-14(13-26-19)11-16-8-9-18(27-3)20(21(16)24)15-5-4-6-17(23)12-15;1-25-18-8-6-15(9-13-5-7-17(11-23)24-12-13)20(22)19(18)14-3-2-4-16(21)10-14;;/h4-10,12-13H,11,25H2,1-3H3;2-8,10,12H,9H2,1H3;1H3;/q;;-1;+1. The van der Waals surface area contributed by atoms with E-state index in [1.54, 1.807) is 91.3 Å². The molecule has 4 aromatic carbocycles. The Labute approximate surface area is 338 Å². The quantitative estimate of drug-likeness (QED) is 0.120. The molecule has 2 aromatic heterocycles. The van der Waals surface area contributed by atoms with Crippen LogP contribution in [0.25, 0.3) is 22.3 Å². The molecule has 0 saturated carbocycles. The molecule has 2 heterocycles. The number of ether oxygens (including phenoxy) is 2. The van der Waals surface area contributed by atoms with Crippen molar-refractivity contribution in [1.82, 2.24) is 9.97 Å². The van der Waals surface area contributed by atoms with Gasteiger partial charge in [-0.05, 0) is 95.8 Å². The molecule has 0 saturated heterocycles. The zero-order valence-electron chi connectivity index (χ0n) is 31.1. The molecule has 0 aliphatic rings. The fourth-order valence-corrected chi connectivity index (χ4v) is 5.97. The van der Waals surface area contributed by atoms with Crippen molar-refractivity contribution in [3.8, 4) is 39.8 Å². The van der Waals surface area contributed by atoms with E-state index in [0.717, 1.165) is 16.8 Å². The van der Waals surface area contributed by atoms with E-state index >= 15 is 8.78 Å².